The van der Waals surface area contributed by atoms with Crippen LogP contribution < -0.4 is 10.1 Å². The Bertz CT molecular complexity index is 731. The van der Waals surface area contributed by atoms with Crippen LogP contribution in [-0.4, -0.2) is 56.8 Å². The van der Waals surface area contributed by atoms with Gasteiger partial charge < -0.3 is 14.8 Å². The van der Waals surface area contributed by atoms with Gasteiger partial charge in [0.05, 0.1) is 29.9 Å². The van der Waals surface area contributed by atoms with Gasteiger partial charge in [0.1, 0.15) is 5.75 Å². The average molecular weight is 387 g/mol. The molecule has 1 aromatic rings. The van der Waals surface area contributed by atoms with Gasteiger partial charge in [-0.3, -0.25) is 9.59 Å². The Kier molecular flexibility index (Phi) is 6.34. The van der Waals surface area contributed by atoms with Crippen LogP contribution >= 0.6 is 11.8 Å². The number of ether oxygens (including phenoxy) is 2. The van der Waals surface area contributed by atoms with E-state index in [-0.39, 0.29) is 17.3 Å². The Balaban J connectivity index is 1.71. The van der Waals surface area contributed by atoms with Crippen LogP contribution in [0.4, 0.5) is 0 Å². The third-order valence-electron chi connectivity index (χ3n) is 3.72. The molecule has 1 atom stereocenters. The molecule has 0 radical (unpaired) electrons. The Hall–Kier alpha value is -1.74. The highest BCUT2D eigenvalue weighted by atomic mass is 32.2. The van der Waals surface area contributed by atoms with Crippen molar-refractivity contribution in [1.29, 1.82) is 0 Å². The number of nitrogens with one attached hydrogen (secondary N) is 1. The van der Waals surface area contributed by atoms with Crippen molar-refractivity contribution in [2.24, 2.45) is 0 Å². The number of hydrogen-bond acceptors (Lipinski definition) is 7. The Morgan fingerprint density at radius 3 is 2.52 bits per heavy atom. The number of thioether (sulfide) groups is 1. The van der Waals surface area contributed by atoms with Crippen molar-refractivity contribution in [1.82, 2.24) is 5.32 Å². The minimum Gasteiger partial charge on any atom is -0.497 e. The molecule has 0 spiro atoms. The first-order chi connectivity index (χ1) is 11.7. The zero-order valence-electron chi connectivity index (χ0n) is 14.1. The Labute approximate surface area is 151 Å². The number of amides is 1. The van der Waals surface area contributed by atoms with Crippen molar-refractivity contribution in [3.05, 3.63) is 24.3 Å². The molecule has 1 aromatic carbocycles. The predicted octanol–water partition coefficient (Wildman–Crippen LogP) is 1.02. The molecule has 0 saturated carbocycles. The normalized spacial score (nSPS) is 21.5. The minimum absolute atomic E-state index is 0.0576. The maximum absolute atomic E-state index is 11.9. The fourth-order valence-electron chi connectivity index (χ4n) is 2.48. The number of rotatable bonds is 7. The number of esters is 1. The lowest BCUT2D eigenvalue weighted by Crippen LogP contribution is -2.48. The molecule has 7 nitrogen and oxygen atoms in total. The van der Waals surface area contributed by atoms with Crippen molar-refractivity contribution in [2.45, 2.75) is 23.8 Å². The summed E-state index contributed by atoms with van der Waals surface area (Å²) in [7, 11) is -1.53. The summed E-state index contributed by atoms with van der Waals surface area (Å²) in [6.45, 7) is 1.26. The van der Waals surface area contributed by atoms with E-state index in [1.54, 1.807) is 26.2 Å². The number of hydrogen-bond donors (Lipinski definition) is 1. The Morgan fingerprint density at radius 2 is 1.96 bits per heavy atom. The molecule has 1 aliphatic heterocycles. The number of methoxy groups -OCH3 is 1. The highest BCUT2D eigenvalue weighted by Gasteiger charge is 2.39. The van der Waals surface area contributed by atoms with Gasteiger partial charge >= 0.3 is 5.97 Å². The molecule has 1 N–H and O–H groups in total. The summed E-state index contributed by atoms with van der Waals surface area (Å²) < 4.78 is 33.0. The van der Waals surface area contributed by atoms with E-state index in [1.165, 1.54) is 11.8 Å². The van der Waals surface area contributed by atoms with Crippen LogP contribution in [0.25, 0.3) is 0 Å². The average Bonchev–Trinajstić information content (AvgIpc) is 2.84. The third-order valence-corrected chi connectivity index (χ3v) is 6.61. The molecule has 2 rings (SSSR count). The largest absolute Gasteiger partial charge is 0.497 e. The molecule has 0 bridgehead atoms. The van der Waals surface area contributed by atoms with Crippen LogP contribution in [0.5, 0.6) is 5.75 Å². The second-order valence-electron chi connectivity index (χ2n) is 6.08. The van der Waals surface area contributed by atoms with Gasteiger partial charge in [-0.1, -0.05) is 0 Å². The molecular weight excluding hydrogens is 366 g/mol. The molecule has 0 unspecified atom stereocenters. The third kappa shape index (κ3) is 6.24. The van der Waals surface area contributed by atoms with Crippen molar-refractivity contribution in [3.8, 4) is 5.75 Å². The highest BCUT2D eigenvalue weighted by molar-refractivity contribution is 8.00. The molecular formula is C16H21NO6S2. The van der Waals surface area contributed by atoms with E-state index in [9.17, 15) is 18.0 Å². The highest BCUT2D eigenvalue weighted by Crippen LogP contribution is 2.23. The molecule has 1 amide bonds. The fourth-order valence-corrected chi connectivity index (χ4v) is 5.27. The second-order valence-corrected chi connectivity index (χ2v) is 9.31. The van der Waals surface area contributed by atoms with E-state index < -0.39 is 33.9 Å². The number of sulfone groups is 1. The van der Waals surface area contributed by atoms with E-state index in [4.69, 9.17) is 9.47 Å². The van der Waals surface area contributed by atoms with Crippen molar-refractivity contribution in [2.75, 3.05) is 31.0 Å². The molecule has 9 heteroatoms. The molecule has 1 aliphatic rings. The van der Waals surface area contributed by atoms with Gasteiger partial charge in [-0.25, -0.2) is 8.42 Å². The number of carbonyl (C=O) groups is 2. The van der Waals surface area contributed by atoms with Gasteiger partial charge in [-0.15, -0.1) is 11.8 Å². The van der Waals surface area contributed by atoms with Crippen molar-refractivity contribution in [3.63, 3.8) is 0 Å². The molecule has 0 aromatic heterocycles. The maximum atomic E-state index is 11.9. The summed E-state index contributed by atoms with van der Waals surface area (Å²) in [5.41, 5.74) is -0.791. The van der Waals surface area contributed by atoms with E-state index in [2.05, 4.69) is 5.32 Å². The molecule has 0 aliphatic carbocycles. The molecule has 25 heavy (non-hydrogen) atoms. The van der Waals surface area contributed by atoms with Crippen LogP contribution in [0.1, 0.15) is 13.3 Å². The van der Waals surface area contributed by atoms with Gasteiger partial charge in [0.15, 0.2) is 16.4 Å². The SMILES string of the molecule is COc1ccc(SCC(=O)OCC(=O)N[C@@]2(C)CCS(=O)(=O)C2)cc1. The van der Waals surface area contributed by atoms with E-state index in [0.717, 1.165) is 10.6 Å². The van der Waals surface area contributed by atoms with Crippen LogP contribution in [0.15, 0.2) is 29.2 Å². The number of benzene rings is 1. The predicted molar refractivity (Wildman–Crippen MR) is 94.5 cm³/mol. The summed E-state index contributed by atoms with van der Waals surface area (Å²) in [6, 6.07) is 7.23. The van der Waals surface area contributed by atoms with Crippen LogP contribution in [0.3, 0.4) is 0 Å². The lowest BCUT2D eigenvalue weighted by Gasteiger charge is -2.23. The summed E-state index contributed by atoms with van der Waals surface area (Å²) in [4.78, 5) is 24.5. The van der Waals surface area contributed by atoms with Gasteiger partial charge in [-0.2, -0.15) is 0 Å². The quantitative estimate of drug-likeness (QED) is 0.551. The van der Waals surface area contributed by atoms with Crippen LogP contribution in [0.2, 0.25) is 0 Å². The molecule has 1 heterocycles. The molecule has 1 saturated heterocycles. The first kappa shape index (κ1) is 19.6. The van der Waals surface area contributed by atoms with Gasteiger partial charge in [0.2, 0.25) is 0 Å². The summed E-state index contributed by atoms with van der Waals surface area (Å²) in [6.07, 6.45) is 0.363. The standard InChI is InChI=1S/C16H21NO6S2/c1-16(7-8-25(20,21)11-16)17-14(18)9-23-15(19)10-24-13-5-3-12(22-2)4-6-13/h3-6H,7-11H2,1-2H3,(H,17,18)/t16-/m0/s1. The van der Waals surface area contributed by atoms with Crippen LogP contribution in [0, 0.1) is 0 Å². The summed E-state index contributed by atoms with van der Waals surface area (Å²) in [5.74, 6) is -0.242. The van der Waals surface area contributed by atoms with E-state index in [0.29, 0.717) is 6.42 Å². The topological polar surface area (TPSA) is 98.8 Å². The molecule has 138 valence electrons. The summed E-state index contributed by atoms with van der Waals surface area (Å²) >= 11 is 1.29. The molecule has 1 fully saturated rings. The Morgan fingerprint density at radius 1 is 1.28 bits per heavy atom. The number of carbonyl (C=O) groups excluding carboxylic acids is 2. The smallest absolute Gasteiger partial charge is 0.316 e. The van der Waals surface area contributed by atoms with Gasteiger partial charge in [0, 0.05) is 4.90 Å². The van der Waals surface area contributed by atoms with Crippen LogP contribution in [-0.2, 0) is 24.2 Å². The summed E-state index contributed by atoms with van der Waals surface area (Å²) in [5, 5.41) is 2.64. The monoisotopic (exact) mass is 387 g/mol. The first-order valence-electron chi connectivity index (χ1n) is 7.65. The second kappa shape index (κ2) is 8.09. The van der Waals surface area contributed by atoms with E-state index in [1.807, 2.05) is 12.1 Å². The van der Waals surface area contributed by atoms with Crippen molar-refractivity contribution >= 4 is 33.5 Å². The lowest BCUT2D eigenvalue weighted by molar-refractivity contribution is -0.146. The zero-order valence-corrected chi connectivity index (χ0v) is 15.7. The zero-order chi connectivity index (χ0) is 18.5. The minimum atomic E-state index is -3.11. The first-order valence-corrected chi connectivity index (χ1v) is 10.5. The lowest BCUT2D eigenvalue weighted by atomic mass is 10.0. The van der Waals surface area contributed by atoms with E-state index >= 15 is 0 Å². The van der Waals surface area contributed by atoms with Gasteiger partial charge in [0.25, 0.3) is 5.91 Å². The fraction of sp³-hybridized carbons (Fsp3) is 0.500. The maximum Gasteiger partial charge on any atom is 0.316 e. The van der Waals surface area contributed by atoms with Crippen molar-refractivity contribution < 1.29 is 27.5 Å². The van der Waals surface area contributed by atoms with Gasteiger partial charge in [-0.05, 0) is 37.6 Å².